The largest absolute Gasteiger partial charge is 0.477 e. The van der Waals surface area contributed by atoms with E-state index < -0.39 is 34.9 Å². The third-order valence-corrected chi connectivity index (χ3v) is 7.08. The van der Waals surface area contributed by atoms with Crippen LogP contribution in [0.2, 0.25) is 0 Å². The van der Waals surface area contributed by atoms with Crippen LogP contribution in [-0.2, 0) is 12.7 Å². The van der Waals surface area contributed by atoms with E-state index in [1.807, 2.05) is 0 Å². The second kappa shape index (κ2) is 11.4. The summed E-state index contributed by atoms with van der Waals surface area (Å²) in [5.74, 6) is -1.29. The predicted molar refractivity (Wildman–Crippen MR) is 151 cm³/mol. The summed E-state index contributed by atoms with van der Waals surface area (Å²) in [6, 6.07) is 9.05. The summed E-state index contributed by atoms with van der Waals surface area (Å²) in [5.41, 5.74) is 0.0934. The minimum absolute atomic E-state index is 0.0350. The van der Waals surface area contributed by atoms with Gasteiger partial charge in [-0.3, -0.25) is 15.1 Å². The summed E-state index contributed by atoms with van der Waals surface area (Å²) in [4.78, 5) is 49.1. The van der Waals surface area contributed by atoms with Crippen molar-refractivity contribution in [2.24, 2.45) is 0 Å². The van der Waals surface area contributed by atoms with Crippen LogP contribution in [0, 0.1) is 0 Å². The molecule has 0 atom stereocenters. The highest BCUT2D eigenvalue weighted by Gasteiger charge is 2.34. The third-order valence-electron chi connectivity index (χ3n) is 6.21. The molecule has 0 aliphatic heterocycles. The van der Waals surface area contributed by atoms with Gasteiger partial charge in [-0.25, -0.2) is 19.6 Å². The second-order valence-electron chi connectivity index (χ2n) is 9.03. The lowest BCUT2D eigenvalue weighted by Crippen LogP contribution is -2.28. The monoisotopic (exact) mass is 594 g/mol. The van der Waals surface area contributed by atoms with Crippen molar-refractivity contribution >= 4 is 40.1 Å². The zero-order valence-electron chi connectivity index (χ0n) is 21.8. The number of urea groups is 1. The van der Waals surface area contributed by atoms with E-state index in [9.17, 15) is 32.7 Å². The number of benzene rings is 1. The highest BCUT2D eigenvalue weighted by Crippen LogP contribution is 2.39. The number of anilines is 1. The van der Waals surface area contributed by atoms with E-state index in [-0.39, 0.29) is 28.3 Å². The standard InChI is InChI=1S/C28H21F3N6O4S/c1-2-33-27(41)36-23-9-18(25-35-22(14-42-25)28(29,30)31)19(11-34-23)16-5-6-17-21(8-16)37(12-15-4-3-7-32-10-15)13-20(24(17)38)26(39)40/h3-11,13-14H,2,12H2,1H3,(H,39,40)(H2,33,34,36,41). The van der Waals surface area contributed by atoms with Crippen LogP contribution in [0.3, 0.4) is 0 Å². The van der Waals surface area contributed by atoms with Gasteiger partial charge in [-0.1, -0.05) is 12.1 Å². The molecule has 0 saturated carbocycles. The van der Waals surface area contributed by atoms with E-state index in [1.54, 1.807) is 48.1 Å². The lowest BCUT2D eigenvalue weighted by molar-refractivity contribution is -0.140. The number of carboxylic acids is 1. The number of thiazole rings is 1. The fraction of sp³-hybridized carbons (Fsp3) is 0.143. The third kappa shape index (κ3) is 5.83. The van der Waals surface area contributed by atoms with Gasteiger partial charge in [0.05, 0.1) is 5.52 Å². The lowest BCUT2D eigenvalue weighted by Gasteiger charge is -2.15. The van der Waals surface area contributed by atoms with E-state index in [0.717, 1.165) is 22.3 Å². The second-order valence-corrected chi connectivity index (χ2v) is 9.89. The Bertz CT molecular complexity index is 1870. The molecule has 0 bridgehead atoms. The van der Waals surface area contributed by atoms with Crippen LogP contribution in [0.15, 0.2) is 71.4 Å². The van der Waals surface area contributed by atoms with Gasteiger partial charge in [-0.05, 0) is 42.3 Å². The summed E-state index contributed by atoms with van der Waals surface area (Å²) >= 11 is 0.778. The molecule has 10 nitrogen and oxygen atoms in total. The normalized spacial score (nSPS) is 11.4. The van der Waals surface area contributed by atoms with Crippen LogP contribution >= 0.6 is 11.3 Å². The highest BCUT2D eigenvalue weighted by atomic mass is 32.1. The van der Waals surface area contributed by atoms with E-state index in [1.165, 1.54) is 24.5 Å². The van der Waals surface area contributed by atoms with Gasteiger partial charge in [0, 0.05) is 59.8 Å². The number of pyridine rings is 3. The topological polar surface area (TPSA) is 139 Å². The molecule has 0 unspecified atom stereocenters. The van der Waals surface area contributed by atoms with Crippen LogP contribution in [0.25, 0.3) is 32.6 Å². The van der Waals surface area contributed by atoms with Crippen LogP contribution in [0.5, 0.6) is 0 Å². The van der Waals surface area contributed by atoms with Gasteiger partial charge in [-0.15, -0.1) is 11.3 Å². The maximum Gasteiger partial charge on any atom is 0.434 e. The number of hydrogen-bond donors (Lipinski definition) is 3. The van der Waals surface area contributed by atoms with Crippen molar-refractivity contribution in [2.45, 2.75) is 19.6 Å². The predicted octanol–water partition coefficient (Wildman–Crippen LogP) is 5.49. The first-order chi connectivity index (χ1) is 20.0. The number of amides is 2. The number of aromatic nitrogens is 4. The van der Waals surface area contributed by atoms with Gasteiger partial charge in [-0.2, -0.15) is 13.2 Å². The van der Waals surface area contributed by atoms with Crippen molar-refractivity contribution in [2.75, 3.05) is 11.9 Å². The zero-order chi connectivity index (χ0) is 30.0. The molecule has 4 heterocycles. The van der Waals surface area contributed by atoms with E-state index in [4.69, 9.17) is 0 Å². The van der Waals surface area contributed by atoms with Crippen LogP contribution in [0.1, 0.15) is 28.5 Å². The van der Waals surface area contributed by atoms with Gasteiger partial charge in [0.15, 0.2) is 5.69 Å². The molecule has 5 aromatic rings. The number of hydrogen-bond acceptors (Lipinski definition) is 7. The van der Waals surface area contributed by atoms with Gasteiger partial charge >= 0.3 is 18.2 Å². The smallest absolute Gasteiger partial charge is 0.434 e. The van der Waals surface area contributed by atoms with Crippen molar-refractivity contribution < 1.29 is 27.9 Å². The fourth-order valence-corrected chi connectivity index (χ4v) is 5.17. The maximum absolute atomic E-state index is 13.4. The maximum atomic E-state index is 13.4. The quantitative estimate of drug-likeness (QED) is 0.227. The number of carbonyl (C=O) groups is 2. The van der Waals surface area contributed by atoms with Gasteiger partial charge < -0.3 is 15.0 Å². The molecule has 14 heteroatoms. The van der Waals surface area contributed by atoms with Gasteiger partial charge in [0.25, 0.3) is 0 Å². The molecule has 0 saturated heterocycles. The summed E-state index contributed by atoms with van der Waals surface area (Å²) in [7, 11) is 0. The van der Waals surface area contributed by atoms with Gasteiger partial charge in [0.1, 0.15) is 16.4 Å². The Labute approximate surface area is 239 Å². The average Bonchev–Trinajstić information content (AvgIpc) is 3.46. The number of carboxylic acid groups (broad SMARTS) is 1. The molecule has 0 aliphatic carbocycles. The van der Waals surface area contributed by atoms with Crippen molar-refractivity contribution in [3.63, 3.8) is 0 Å². The first kappa shape index (κ1) is 28.4. The molecule has 0 radical (unpaired) electrons. The molecule has 214 valence electrons. The zero-order valence-corrected chi connectivity index (χ0v) is 22.6. The first-order valence-corrected chi connectivity index (χ1v) is 13.3. The number of halogens is 3. The lowest BCUT2D eigenvalue weighted by atomic mass is 9.99. The van der Waals surface area contributed by atoms with E-state index >= 15 is 0 Å². The highest BCUT2D eigenvalue weighted by molar-refractivity contribution is 7.13. The number of nitrogens with zero attached hydrogens (tertiary/aromatic N) is 4. The SMILES string of the molecule is CCNC(=O)Nc1cc(-c2nc(C(F)(F)F)cs2)c(-c2ccc3c(=O)c(C(=O)O)cn(Cc4cccnc4)c3c2)cn1. The molecule has 0 spiro atoms. The van der Waals surface area contributed by atoms with Crippen molar-refractivity contribution in [3.8, 4) is 21.7 Å². The van der Waals surface area contributed by atoms with Crippen molar-refractivity contribution in [3.05, 3.63) is 93.6 Å². The fourth-order valence-electron chi connectivity index (χ4n) is 4.31. The molecular formula is C28H21F3N6O4S. The molecule has 0 fully saturated rings. The van der Waals surface area contributed by atoms with Crippen molar-refractivity contribution in [1.29, 1.82) is 0 Å². The molecule has 2 amide bonds. The summed E-state index contributed by atoms with van der Waals surface area (Å²) < 4.78 is 41.8. The van der Waals surface area contributed by atoms with Crippen LogP contribution < -0.4 is 16.1 Å². The molecular weight excluding hydrogens is 573 g/mol. The average molecular weight is 595 g/mol. The van der Waals surface area contributed by atoms with Crippen LogP contribution in [-0.4, -0.2) is 43.2 Å². The molecule has 4 aromatic heterocycles. The summed E-state index contributed by atoms with van der Waals surface area (Å²) in [6.07, 6.45) is 1.19. The summed E-state index contributed by atoms with van der Waals surface area (Å²) in [6.45, 7) is 2.26. The number of aromatic carboxylic acids is 1. The minimum atomic E-state index is -4.66. The number of carbonyl (C=O) groups excluding carboxylic acids is 1. The number of rotatable bonds is 7. The Balaban J connectivity index is 1.70. The Morgan fingerprint density at radius 1 is 1.12 bits per heavy atom. The Kier molecular flexibility index (Phi) is 7.72. The molecule has 3 N–H and O–H groups in total. The first-order valence-electron chi connectivity index (χ1n) is 12.4. The Morgan fingerprint density at radius 2 is 1.93 bits per heavy atom. The molecule has 42 heavy (non-hydrogen) atoms. The molecule has 1 aromatic carbocycles. The number of nitrogens with one attached hydrogen (secondary N) is 2. The van der Waals surface area contributed by atoms with E-state index in [2.05, 4.69) is 25.6 Å². The Hall–Kier alpha value is -5.11. The van der Waals surface area contributed by atoms with Crippen LogP contribution in [0.4, 0.5) is 23.8 Å². The van der Waals surface area contributed by atoms with Crippen molar-refractivity contribution in [1.82, 2.24) is 24.8 Å². The molecule has 5 rings (SSSR count). The molecule has 0 aliphatic rings. The van der Waals surface area contributed by atoms with Gasteiger partial charge in [0.2, 0.25) is 5.43 Å². The summed E-state index contributed by atoms with van der Waals surface area (Å²) in [5, 5.41) is 15.8. The van der Waals surface area contributed by atoms with E-state index in [0.29, 0.717) is 23.2 Å². The Morgan fingerprint density at radius 3 is 2.60 bits per heavy atom. The number of alkyl halides is 3. The minimum Gasteiger partial charge on any atom is -0.477 e. The number of fused-ring (bicyclic) bond motifs is 1.